The van der Waals surface area contributed by atoms with Gasteiger partial charge in [0.15, 0.2) is 0 Å². The quantitative estimate of drug-likeness (QED) is 0.571. The molecule has 0 bridgehead atoms. The van der Waals surface area contributed by atoms with E-state index in [9.17, 15) is 0 Å². The van der Waals surface area contributed by atoms with Gasteiger partial charge in [0.2, 0.25) is 0 Å². The van der Waals surface area contributed by atoms with Crippen molar-refractivity contribution < 1.29 is 0 Å². The van der Waals surface area contributed by atoms with Crippen molar-refractivity contribution >= 4 is 0 Å². The van der Waals surface area contributed by atoms with E-state index in [0.29, 0.717) is 5.92 Å². The summed E-state index contributed by atoms with van der Waals surface area (Å²) in [7, 11) is 0. The molecule has 1 aromatic carbocycles. The monoisotopic (exact) mass is 220 g/mol. The van der Waals surface area contributed by atoms with Crippen molar-refractivity contribution in [1.29, 1.82) is 0 Å². The molecule has 1 aromatic rings. The van der Waals surface area contributed by atoms with Crippen molar-refractivity contribution in [3.8, 4) is 0 Å². The normalized spacial score (nSPS) is 13.1. The summed E-state index contributed by atoms with van der Waals surface area (Å²) in [4.78, 5) is 0. The Balaban J connectivity index is 2.70. The Hall–Kier alpha value is -0.860. The Morgan fingerprint density at radius 1 is 1.19 bits per heavy atom. The molecule has 0 amide bonds. The second kappa shape index (κ2) is 6.66. The molecular weight excluding hydrogens is 196 g/mol. The molecule has 1 atom stereocenters. The van der Waals surface area contributed by atoms with E-state index in [4.69, 9.17) is 5.84 Å². The summed E-state index contributed by atoms with van der Waals surface area (Å²) < 4.78 is 0. The fraction of sp³-hybridized carbons (Fsp3) is 0.571. The SMILES string of the molecule is CCCc1ccc(C(CC(C)C)NN)cc1. The number of hydrazine groups is 1. The summed E-state index contributed by atoms with van der Waals surface area (Å²) in [5.41, 5.74) is 5.60. The molecule has 0 aliphatic carbocycles. The van der Waals surface area contributed by atoms with Crippen LogP contribution in [0.25, 0.3) is 0 Å². The average Bonchev–Trinajstić information content (AvgIpc) is 2.27. The van der Waals surface area contributed by atoms with Crippen molar-refractivity contribution in [3.63, 3.8) is 0 Å². The summed E-state index contributed by atoms with van der Waals surface area (Å²) in [5, 5.41) is 0. The molecule has 0 radical (unpaired) electrons. The highest BCUT2D eigenvalue weighted by Crippen LogP contribution is 2.21. The van der Waals surface area contributed by atoms with E-state index >= 15 is 0 Å². The number of aryl methyl sites for hydroxylation is 1. The molecule has 2 nitrogen and oxygen atoms in total. The maximum atomic E-state index is 5.60. The minimum absolute atomic E-state index is 0.274. The van der Waals surface area contributed by atoms with Gasteiger partial charge in [-0.25, -0.2) is 0 Å². The van der Waals surface area contributed by atoms with Gasteiger partial charge in [-0.1, -0.05) is 51.5 Å². The number of benzene rings is 1. The molecule has 0 saturated heterocycles. The van der Waals surface area contributed by atoms with E-state index < -0.39 is 0 Å². The fourth-order valence-corrected chi connectivity index (χ4v) is 1.98. The lowest BCUT2D eigenvalue weighted by molar-refractivity contribution is 0.438. The van der Waals surface area contributed by atoms with Crippen molar-refractivity contribution in [2.45, 2.75) is 46.1 Å². The van der Waals surface area contributed by atoms with Gasteiger partial charge in [-0.2, -0.15) is 0 Å². The molecule has 90 valence electrons. The van der Waals surface area contributed by atoms with Crippen LogP contribution in [0.2, 0.25) is 0 Å². The van der Waals surface area contributed by atoms with E-state index in [2.05, 4.69) is 50.5 Å². The zero-order chi connectivity index (χ0) is 12.0. The molecule has 0 aliphatic heterocycles. The number of rotatable bonds is 6. The van der Waals surface area contributed by atoms with Crippen LogP contribution in [0.3, 0.4) is 0 Å². The minimum Gasteiger partial charge on any atom is -0.271 e. The van der Waals surface area contributed by atoms with Gasteiger partial charge in [-0.15, -0.1) is 0 Å². The Bertz CT molecular complexity index is 290. The molecule has 2 heteroatoms. The standard InChI is InChI=1S/C14H24N2/c1-4-5-12-6-8-13(9-7-12)14(16-15)10-11(2)3/h6-9,11,14,16H,4-5,10,15H2,1-3H3. The molecule has 1 unspecified atom stereocenters. The molecule has 3 N–H and O–H groups in total. The van der Waals surface area contributed by atoms with Gasteiger partial charge in [0, 0.05) is 6.04 Å². The smallest absolute Gasteiger partial charge is 0.0462 e. The first kappa shape index (κ1) is 13.2. The second-order valence-corrected chi connectivity index (χ2v) is 4.84. The van der Waals surface area contributed by atoms with Gasteiger partial charge in [0.05, 0.1) is 0 Å². The highest BCUT2D eigenvalue weighted by molar-refractivity contribution is 5.25. The Kier molecular flexibility index (Phi) is 5.50. The summed E-state index contributed by atoms with van der Waals surface area (Å²) in [6.45, 7) is 6.64. The first-order chi connectivity index (χ1) is 7.67. The first-order valence-corrected chi connectivity index (χ1v) is 6.22. The molecule has 0 heterocycles. The molecule has 0 aliphatic rings. The van der Waals surface area contributed by atoms with Gasteiger partial charge in [0.1, 0.15) is 0 Å². The van der Waals surface area contributed by atoms with Crippen LogP contribution in [0.1, 0.15) is 50.8 Å². The number of nitrogens with two attached hydrogens (primary N) is 1. The first-order valence-electron chi connectivity index (χ1n) is 6.22. The Morgan fingerprint density at radius 3 is 2.25 bits per heavy atom. The third-order valence-corrected chi connectivity index (χ3v) is 2.83. The lowest BCUT2D eigenvalue weighted by Gasteiger charge is -2.18. The molecule has 0 fully saturated rings. The van der Waals surface area contributed by atoms with Crippen LogP contribution in [-0.4, -0.2) is 0 Å². The molecular formula is C14H24N2. The van der Waals surface area contributed by atoms with Crippen LogP contribution < -0.4 is 11.3 Å². The summed E-state index contributed by atoms with van der Waals surface area (Å²) >= 11 is 0. The van der Waals surface area contributed by atoms with E-state index in [1.807, 2.05) is 0 Å². The highest BCUT2D eigenvalue weighted by Gasteiger charge is 2.11. The van der Waals surface area contributed by atoms with Gasteiger partial charge in [0.25, 0.3) is 0 Å². The van der Waals surface area contributed by atoms with Crippen molar-refractivity contribution in [3.05, 3.63) is 35.4 Å². The van der Waals surface area contributed by atoms with E-state index in [1.54, 1.807) is 0 Å². The van der Waals surface area contributed by atoms with Gasteiger partial charge < -0.3 is 0 Å². The topological polar surface area (TPSA) is 38.0 Å². The van der Waals surface area contributed by atoms with E-state index in [-0.39, 0.29) is 6.04 Å². The number of hydrogen-bond donors (Lipinski definition) is 2. The molecule has 0 saturated carbocycles. The van der Waals surface area contributed by atoms with E-state index in [0.717, 1.165) is 12.8 Å². The maximum Gasteiger partial charge on any atom is 0.0462 e. The van der Waals surface area contributed by atoms with Crippen LogP contribution in [0.15, 0.2) is 24.3 Å². The second-order valence-electron chi connectivity index (χ2n) is 4.84. The number of nitrogens with one attached hydrogen (secondary N) is 1. The third-order valence-electron chi connectivity index (χ3n) is 2.83. The van der Waals surface area contributed by atoms with Crippen LogP contribution >= 0.6 is 0 Å². The zero-order valence-corrected chi connectivity index (χ0v) is 10.7. The van der Waals surface area contributed by atoms with Crippen molar-refractivity contribution in [1.82, 2.24) is 5.43 Å². The average molecular weight is 220 g/mol. The Morgan fingerprint density at radius 2 is 1.81 bits per heavy atom. The third kappa shape index (κ3) is 3.95. The predicted octanol–water partition coefficient (Wildman–Crippen LogP) is 3.19. The molecule has 0 aromatic heterocycles. The van der Waals surface area contributed by atoms with Crippen molar-refractivity contribution in [2.75, 3.05) is 0 Å². The minimum atomic E-state index is 0.274. The maximum absolute atomic E-state index is 5.60. The Labute approximate surface area is 99.2 Å². The molecule has 1 rings (SSSR count). The largest absolute Gasteiger partial charge is 0.271 e. The lowest BCUT2D eigenvalue weighted by Crippen LogP contribution is -2.29. The number of hydrogen-bond acceptors (Lipinski definition) is 2. The molecule has 16 heavy (non-hydrogen) atoms. The summed E-state index contributed by atoms with van der Waals surface area (Å²) in [6, 6.07) is 9.08. The van der Waals surface area contributed by atoms with Gasteiger partial charge in [-0.05, 0) is 29.9 Å². The summed E-state index contributed by atoms with van der Waals surface area (Å²) in [5.74, 6) is 6.25. The predicted molar refractivity (Wildman–Crippen MR) is 70.0 cm³/mol. The van der Waals surface area contributed by atoms with Gasteiger partial charge >= 0.3 is 0 Å². The summed E-state index contributed by atoms with van der Waals surface area (Å²) in [6.07, 6.45) is 3.43. The van der Waals surface area contributed by atoms with Crippen LogP contribution in [0.4, 0.5) is 0 Å². The molecule has 0 spiro atoms. The zero-order valence-electron chi connectivity index (χ0n) is 10.7. The van der Waals surface area contributed by atoms with Crippen LogP contribution in [-0.2, 0) is 6.42 Å². The van der Waals surface area contributed by atoms with Crippen LogP contribution in [0, 0.1) is 5.92 Å². The van der Waals surface area contributed by atoms with Gasteiger partial charge in [-0.3, -0.25) is 11.3 Å². The van der Waals surface area contributed by atoms with Crippen LogP contribution in [0.5, 0.6) is 0 Å². The van der Waals surface area contributed by atoms with Crippen molar-refractivity contribution in [2.24, 2.45) is 11.8 Å². The lowest BCUT2D eigenvalue weighted by atomic mass is 9.96. The van der Waals surface area contributed by atoms with E-state index in [1.165, 1.54) is 17.5 Å². The fourth-order valence-electron chi connectivity index (χ4n) is 1.98. The highest BCUT2D eigenvalue weighted by atomic mass is 15.2.